The van der Waals surface area contributed by atoms with E-state index >= 15 is 0 Å². The van der Waals surface area contributed by atoms with Gasteiger partial charge < -0.3 is 10.4 Å². The number of aryl methyl sites for hydroxylation is 1. The van der Waals surface area contributed by atoms with Gasteiger partial charge in [-0.2, -0.15) is 0 Å². The Morgan fingerprint density at radius 3 is 3.00 bits per heavy atom. The van der Waals surface area contributed by atoms with E-state index in [0.717, 1.165) is 11.3 Å². The van der Waals surface area contributed by atoms with Crippen molar-refractivity contribution in [3.8, 4) is 11.8 Å². The Hall–Kier alpha value is -1.61. The predicted molar refractivity (Wildman–Crippen MR) is 87.8 cm³/mol. The molecule has 110 valence electrons. The zero-order valence-electron chi connectivity index (χ0n) is 11.8. The lowest BCUT2D eigenvalue weighted by atomic mass is 10.2. The second-order valence-corrected chi connectivity index (χ2v) is 6.43. The van der Waals surface area contributed by atoms with Crippen LogP contribution in [0.25, 0.3) is 0 Å². The standard InChI is InChI=1S/C16H17NO2S2/c1-2-12-8-10-20-15(12)11-17-16(19)14-7-6-13(21-14)5-3-4-9-18/h6-8,10,18H,2,4,9,11H2,1H3,(H,17,19). The van der Waals surface area contributed by atoms with Crippen LogP contribution in [0.2, 0.25) is 0 Å². The average molecular weight is 319 g/mol. The summed E-state index contributed by atoms with van der Waals surface area (Å²) in [7, 11) is 0. The third-order valence-corrected chi connectivity index (χ3v) is 4.87. The fraction of sp³-hybridized carbons (Fsp3) is 0.312. The molecule has 0 fully saturated rings. The molecule has 0 aliphatic heterocycles. The van der Waals surface area contributed by atoms with Crippen LogP contribution < -0.4 is 5.32 Å². The first-order valence-corrected chi connectivity index (χ1v) is 8.47. The number of carbonyl (C=O) groups excluding carboxylic acids is 1. The SMILES string of the molecule is CCc1ccsc1CNC(=O)c1ccc(C#CCCO)s1. The smallest absolute Gasteiger partial charge is 0.261 e. The molecule has 0 saturated carbocycles. The number of carbonyl (C=O) groups is 1. The van der Waals surface area contributed by atoms with Crippen LogP contribution >= 0.6 is 22.7 Å². The van der Waals surface area contributed by atoms with Gasteiger partial charge in [-0.25, -0.2) is 0 Å². The number of aliphatic hydroxyl groups is 1. The van der Waals surface area contributed by atoms with Crippen molar-refractivity contribution in [3.05, 3.63) is 43.8 Å². The highest BCUT2D eigenvalue weighted by molar-refractivity contribution is 7.14. The highest BCUT2D eigenvalue weighted by atomic mass is 32.1. The molecule has 1 amide bonds. The summed E-state index contributed by atoms with van der Waals surface area (Å²) in [5.74, 6) is 5.73. The first-order chi connectivity index (χ1) is 10.2. The zero-order valence-corrected chi connectivity index (χ0v) is 13.4. The van der Waals surface area contributed by atoms with Crippen molar-refractivity contribution in [2.75, 3.05) is 6.61 Å². The lowest BCUT2D eigenvalue weighted by Gasteiger charge is -2.03. The van der Waals surface area contributed by atoms with Crippen molar-refractivity contribution in [3.63, 3.8) is 0 Å². The maximum Gasteiger partial charge on any atom is 0.261 e. The molecule has 2 N–H and O–H groups in total. The number of aliphatic hydroxyl groups excluding tert-OH is 1. The second-order valence-electron chi connectivity index (χ2n) is 4.34. The number of amides is 1. The van der Waals surface area contributed by atoms with Gasteiger partial charge in [0.15, 0.2) is 0 Å². The summed E-state index contributed by atoms with van der Waals surface area (Å²) in [5, 5.41) is 13.7. The van der Waals surface area contributed by atoms with E-state index in [-0.39, 0.29) is 12.5 Å². The summed E-state index contributed by atoms with van der Waals surface area (Å²) in [5.41, 5.74) is 1.29. The van der Waals surface area contributed by atoms with Crippen molar-refractivity contribution < 1.29 is 9.90 Å². The normalized spacial score (nSPS) is 10.0. The van der Waals surface area contributed by atoms with E-state index in [1.807, 2.05) is 6.07 Å². The Balaban J connectivity index is 1.93. The first kappa shape index (κ1) is 15.8. The minimum atomic E-state index is -0.0642. The fourth-order valence-electron chi connectivity index (χ4n) is 1.82. The third kappa shape index (κ3) is 4.43. The highest BCUT2D eigenvalue weighted by Gasteiger charge is 2.09. The van der Waals surface area contributed by atoms with Gasteiger partial charge in [-0.1, -0.05) is 18.8 Å². The predicted octanol–water partition coefficient (Wildman–Crippen LogP) is 3.04. The van der Waals surface area contributed by atoms with Crippen LogP contribution in [0.1, 0.15) is 38.3 Å². The summed E-state index contributed by atoms with van der Waals surface area (Å²) >= 11 is 3.05. The number of rotatable bonds is 5. The number of thiophene rings is 2. The second kappa shape index (κ2) is 7.99. The van der Waals surface area contributed by atoms with E-state index in [2.05, 4.69) is 35.5 Å². The first-order valence-electron chi connectivity index (χ1n) is 6.77. The number of hydrogen-bond donors (Lipinski definition) is 2. The fourth-order valence-corrected chi connectivity index (χ4v) is 3.53. The van der Waals surface area contributed by atoms with Crippen LogP contribution in [0.3, 0.4) is 0 Å². The molecular formula is C16H17NO2S2. The molecule has 0 saturated heterocycles. The zero-order chi connectivity index (χ0) is 15.1. The largest absolute Gasteiger partial charge is 0.395 e. The molecular weight excluding hydrogens is 302 g/mol. The Labute approximate surface area is 132 Å². The van der Waals surface area contributed by atoms with Crippen LogP contribution in [-0.2, 0) is 13.0 Å². The molecule has 0 spiro atoms. The van der Waals surface area contributed by atoms with Crippen molar-refractivity contribution in [1.29, 1.82) is 0 Å². The molecule has 2 rings (SSSR count). The van der Waals surface area contributed by atoms with Gasteiger partial charge in [0.1, 0.15) is 0 Å². The number of hydrogen-bond acceptors (Lipinski definition) is 4. The molecule has 21 heavy (non-hydrogen) atoms. The molecule has 0 aromatic carbocycles. The molecule has 0 atom stereocenters. The summed E-state index contributed by atoms with van der Waals surface area (Å²) in [6.07, 6.45) is 1.44. The van der Waals surface area contributed by atoms with Crippen LogP contribution in [0.15, 0.2) is 23.6 Å². The van der Waals surface area contributed by atoms with Crippen LogP contribution in [-0.4, -0.2) is 17.6 Å². The van der Waals surface area contributed by atoms with Crippen molar-refractivity contribution in [1.82, 2.24) is 5.32 Å². The Morgan fingerprint density at radius 1 is 1.38 bits per heavy atom. The molecule has 2 aromatic heterocycles. The van der Waals surface area contributed by atoms with E-state index in [0.29, 0.717) is 17.8 Å². The molecule has 0 aliphatic rings. The van der Waals surface area contributed by atoms with E-state index in [1.165, 1.54) is 21.8 Å². The summed E-state index contributed by atoms with van der Waals surface area (Å²) in [6.45, 7) is 2.75. The summed E-state index contributed by atoms with van der Waals surface area (Å²) in [6, 6.07) is 5.73. The van der Waals surface area contributed by atoms with Crippen LogP contribution in [0, 0.1) is 11.8 Å². The maximum atomic E-state index is 12.1. The van der Waals surface area contributed by atoms with Gasteiger partial charge >= 0.3 is 0 Å². The summed E-state index contributed by atoms with van der Waals surface area (Å²) < 4.78 is 0. The van der Waals surface area contributed by atoms with Gasteiger partial charge in [-0.05, 0) is 35.6 Å². The molecule has 0 radical (unpaired) electrons. The summed E-state index contributed by atoms with van der Waals surface area (Å²) in [4.78, 5) is 14.8. The van der Waals surface area contributed by atoms with Crippen molar-refractivity contribution in [2.24, 2.45) is 0 Å². The van der Waals surface area contributed by atoms with Gasteiger partial charge in [0.2, 0.25) is 0 Å². The van der Waals surface area contributed by atoms with Gasteiger partial charge in [0.05, 0.1) is 22.9 Å². The molecule has 2 aromatic rings. The molecule has 0 bridgehead atoms. The van der Waals surface area contributed by atoms with Crippen molar-refractivity contribution in [2.45, 2.75) is 26.3 Å². The minimum Gasteiger partial charge on any atom is -0.395 e. The van der Waals surface area contributed by atoms with Crippen molar-refractivity contribution >= 4 is 28.6 Å². The molecule has 0 aliphatic carbocycles. The quantitative estimate of drug-likeness (QED) is 0.832. The Morgan fingerprint density at radius 2 is 2.24 bits per heavy atom. The Kier molecular flexibility index (Phi) is 6.00. The maximum absolute atomic E-state index is 12.1. The van der Waals surface area contributed by atoms with Gasteiger partial charge in [-0.3, -0.25) is 4.79 Å². The number of nitrogens with one attached hydrogen (secondary N) is 1. The average Bonchev–Trinajstić information content (AvgIpc) is 3.13. The molecule has 2 heterocycles. The van der Waals surface area contributed by atoms with Gasteiger partial charge in [0.25, 0.3) is 5.91 Å². The van der Waals surface area contributed by atoms with Crippen LogP contribution in [0.4, 0.5) is 0 Å². The lowest BCUT2D eigenvalue weighted by Crippen LogP contribution is -2.21. The highest BCUT2D eigenvalue weighted by Crippen LogP contribution is 2.18. The van der Waals surface area contributed by atoms with E-state index < -0.39 is 0 Å². The molecule has 3 nitrogen and oxygen atoms in total. The lowest BCUT2D eigenvalue weighted by molar-refractivity contribution is 0.0955. The van der Waals surface area contributed by atoms with E-state index in [4.69, 9.17) is 5.11 Å². The Bertz CT molecular complexity index is 661. The molecule has 5 heteroatoms. The van der Waals surface area contributed by atoms with Gasteiger partial charge in [-0.15, -0.1) is 22.7 Å². The van der Waals surface area contributed by atoms with E-state index in [1.54, 1.807) is 17.4 Å². The topological polar surface area (TPSA) is 49.3 Å². The third-order valence-electron chi connectivity index (χ3n) is 2.91. The minimum absolute atomic E-state index is 0.0618. The monoisotopic (exact) mass is 319 g/mol. The van der Waals surface area contributed by atoms with E-state index in [9.17, 15) is 4.79 Å². The van der Waals surface area contributed by atoms with Crippen LogP contribution in [0.5, 0.6) is 0 Å². The molecule has 0 unspecified atom stereocenters. The van der Waals surface area contributed by atoms with Gasteiger partial charge in [0, 0.05) is 11.3 Å².